The third kappa shape index (κ3) is 2.12. The Morgan fingerprint density at radius 3 is 3.20 bits per heavy atom. The molecule has 0 unspecified atom stereocenters. The number of para-hydroxylation sites is 1. The maximum Gasteiger partial charge on any atom is 0.312 e. The minimum absolute atomic E-state index is 0.291. The molecule has 0 fully saturated rings. The molecule has 1 heterocycles. The van der Waals surface area contributed by atoms with E-state index in [0.29, 0.717) is 23.4 Å². The fourth-order valence-corrected chi connectivity index (χ4v) is 1.47. The summed E-state index contributed by atoms with van der Waals surface area (Å²) in [6, 6.07) is 5.40. The van der Waals surface area contributed by atoms with Crippen molar-refractivity contribution >= 4 is 29.6 Å². The number of nitrogens with zero attached hydrogens (tertiary/aromatic N) is 1. The molecule has 0 atom stereocenters. The zero-order valence-corrected chi connectivity index (χ0v) is 8.83. The van der Waals surface area contributed by atoms with Gasteiger partial charge in [0.15, 0.2) is 5.75 Å². The van der Waals surface area contributed by atoms with Gasteiger partial charge in [0.25, 0.3) is 0 Å². The predicted molar refractivity (Wildman–Crippen MR) is 60.2 cm³/mol. The number of ether oxygens (including phenoxy) is 1. The first-order valence-corrected chi connectivity index (χ1v) is 5.18. The van der Waals surface area contributed by atoms with E-state index in [1.807, 2.05) is 12.1 Å². The van der Waals surface area contributed by atoms with Gasteiger partial charge in [0, 0.05) is 5.75 Å². The summed E-state index contributed by atoms with van der Waals surface area (Å²) in [5.41, 5.74) is 1.52. The van der Waals surface area contributed by atoms with Crippen LogP contribution in [0.15, 0.2) is 24.5 Å². The van der Waals surface area contributed by atoms with E-state index >= 15 is 0 Å². The fourth-order valence-electron chi connectivity index (χ4n) is 1.29. The molecule has 5 heteroatoms. The monoisotopic (exact) mass is 222 g/mol. The van der Waals surface area contributed by atoms with Crippen LogP contribution in [0.3, 0.4) is 0 Å². The second-order valence-corrected chi connectivity index (χ2v) is 3.45. The number of carbonyl (C=O) groups excluding carboxylic acids is 1. The summed E-state index contributed by atoms with van der Waals surface area (Å²) < 4.78 is 5.16. The highest BCUT2D eigenvalue weighted by molar-refractivity contribution is 7.80. The molecule has 0 aliphatic rings. The average Bonchev–Trinajstić information content (AvgIpc) is 2.67. The Morgan fingerprint density at radius 1 is 1.53 bits per heavy atom. The number of aromatic nitrogens is 2. The number of benzene rings is 1. The van der Waals surface area contributed by atoms with Gasteiger partial charge >= 0.3 is 5.97 Å². The number of rotatable bonds is 3. The maximum absolute atomic E-state index is 11.3. The predicted octanol–water partition coefficient (Wildman–Crippen LogP) is 1.79. The van der Waals surface area contributed by atoms with Gasteiger partial charge in [-0.15, -0.1) is 0 Å². The van der Waals surface area contributed by atoms with Crippen molar-refractivity contribution in [2.45, 2.75) is 6.42 Å². The van der Waals surface area contributed by atoms with Gasteiger partial charge in [-0.1, -0.05) is 6.07 Å². The van der Waals surface area contributed by atoms with Crippen molar-refractivity contribution in [2.75, 3.05) is 5.75 Å². The standard InChI is InChI=1S/C10H10N2O2S/c13-9(4-5-15)14-8-3-1-2-7-10(8)12-6-11-7/h1-3,6,15H,4-5H2,(H,11,12). The third-order valence-corrected chi connectivity index (χ3v) is 2.18. The number of H-pyrrole nitrogens is 1. The molecule has 0 aliphatic heterocycles. The quantitative estimate of drug-likeness (QED) is 0.473. The van der Waals surface area contributed by atoms with Crippen molar-refractivity contribution in [1.82, 2.24) is 9.97 Å². The van der Waals surface area contributed by atoms with E-state index in [1.54, 1.807) is 12.4 Å². The van der Waals surface area contributed by atoms with Gasteiger partial charge in [-0.3, -0.25) is 4.79 Å². The molecule has 1 aromatic carbocycles. The van der Waals surface area contributed by atoms with Crippen LogP contribution in [0, 0.1) is 0 Å². The van der Waals surface area contributed by atoms with E-state index in [2.05, 4.69) is 22.6 Å². The summed E-state index contributed by atoms with van der Waals surface area (Å²) in [5.74, 6) is 0.677. The van der Waals surface area contributed by atoms with Crippen molar-refractivity contribution < 1.29 is 9.53 Å². The minimum Gasteiger partial charge on any atom is -0.424 e. The molecule has 1 N–H and O–H groups in total. The highest BCUT2D eigenvalue weighted by Crippen LogP contribution is 2.22. The molecule has 2 aromatic rings. The van der Waals surface area contributed by atoms with E-state index in [0.717, 1.165) is 5.52 Å². The zero-order valence-electron chi connectivity index (χ0n) is 7.93. The largest absolute Gasteiger partial charge is 0.424 e. The van der Waals surface area contributed by atoms with E-state index in [4.69, 9.17) is 4.74 Å². The van der Waals surface area contributed by atoms with E-state index < -0.39 is 0 Å². The van der Waals surface area contributed by atoms with Crippen LogP contribution in [0.2, 0.25) is 0 Å². The highest BCUT2D eigenvalue weighted by Gasteiger charge is 2.08. The van der Waals surface area contributed by atoms with E-state index in [-0.39, 0.29) is 5.97 Å². The summed E-state index contributed by atoms with van der Waals surface area (Å²) >= 11 is 3.97. The van der Waals surface area contributed by atoms with Crippen LogP contribution in [0.1, 0.15) is 6.42 Å². The summed E-state index contributed by atoms with van der Waals surface area (Å²) in [4.78, 5) is 18.3. The second-order valence-electron chi connectivity index (χ2n) is 3.00. The van der Waals surface area contributed by atoms with Gasteiger partial charge in [-0.05, 0) is 12.1 Å². The first kappa shape index (κ1) is 10.0. The molecule has 0 amide bonds. The lowest BCUT2D eigenvalue weighted by Gasteiger charge is -2.03. The van der Waals surface area contributed by atoms with Crippen molar-refractivity contribution in [3.63, 3.8) is 0 Å². The first-order valence-electron chi connectivity index (χ1n) is 4.55. The smallest absolute Gasteiger partial charge is 0.312 e. The number of hydrogen-bond acceptors (Lipinski definition) is 4. The summed E-state index contributed by atoms with van der Waals surface area (Å²) in [6.07, 6.45) is 1.87. The highest BCUT2D eigenvalue weighted by atomic mass is 32.1. The Morgan fingerprint density at radius 2 is 2.40 bits per heavy atom. The molecule has 2 rings (SSSR count). The van der Waals surface area contributed by atoms with Crippen molar-refractivity contribution in [1.29, 1.82) is 0 Å². The SMILES string of the molecule is O=C(CCS)Oc1cccc2[nH]cnc12. The summed E-state index contributed by atoms with van der Waals surface area (Å²) in [6.45, 7) is 0. The lowest BCUT2D eigenvalue weighted by Crippen LogP contribution is -2.08. The van der Waals surface area contributed by atoms with Crippen LogP contribution in [0.5, 0.6) is 5.75 Å². The molecule has 0 aliphatic carbocycles. The molecule has 78 valence electrons. The fraction of sp³-hybridized carbons (Fsp3) is 0.200. The van der Waals surface area contributed by atoms with Crippen LogP contribution in [0.4, 0.5) is 0 Å². The molecular weight excluding hydrogens is 212 g/mol. The Labute approximate surface area is 92.1 Å². The average molecular weight is 222 g/mol. The number of thiol groups is 1. The molecule has 0 saturated carbocycles. The molecular formula is C10H10N2O2S. The zero-order chi connectivity index (χ0) is 10.7. The number of aromatic amines is 1. The van der Waals surface area contributed by atoms with Gasteiger partial charge in [-0.2, -0.15) is 12.6 Å². The number of hydrogen-bond donors (Lipinski definition) is 2. The number of fused-ring (bicyclic) bond motifs is 1. The summed E-state index contributed by atoms with van der Waals surface area (Å²) in [7, 11) is 0. The van der Waals surface area contributed by atoms with Crippen LogP contribution >= 0.6 is 12.6 Å². The normalized spacial score (nSPS) is 10.5. The van der Waals surface area contributed by atoms with Crippen LogP contribution < -0.4 is 4.74 Å². The number of esters is 1. The molecule has 1 aromatic heterocycles. The Bertz CT molecular complexity index is 481. The van der Waals surface area contributed by atoms with Gasteiger partial charge in [0.05, 0.1) is 18.3 Å². The maximum atomic E-state index is 11.3. The molecule has 0 radical (unpaired) electrons. The van der Waals surface area contributed by atoms with Gasteiger partial charge in [0.2, 0.25) is 0 Å². The van der Waals surface area contributed by atoms with Crippen LogP contribution in [-0.4, -0.2) is 21.7 Å². The summed E-state index contributed by atoms with van der Waals surface area (Å²) in [5, 5.41) is 0. The number of imidazole rings is 1. The first-order chi connectivity index (χ1) is 7.31. The minimum atomic E-state index is -0.291. The molecule has 0 saturated heterocycles. The second kappa shape index (κ2) is 4.35. The van der Waals surface area contributed by atoms with Gasteiger partial charge < -0.3 is 9.72 Å². The van der Waals surface area contributed by atoms with Gasteiger partial charge in [0.1, 0.15) is 5.52 Å². The van der Waals surface area contributed by atoms with Crippen LogP contribution in [0.25, 0.3) is 11.0 Å². The molecule has 0 bridgehead atoms. The lowest BCUT2D eigenvalue weighted by molar-refractivity contribution is -0.133. The molecule has 4 nitrogen and oxygen atoms in total. The van der Waals surface area contributed by atoms with E-state index in [1.165, 1.54) is 0 Å². The number of nitrogens with one attached hydrogen (secondary N) is 1. The van der Waals surface area contributed by atoms with E-state index in [9.17, 15) is 4.79 Å². The lowest BCUT2D eigenvalue weighted by atomic mass is 10.3. The Kier molecular flexibility index (Phi) is 2.91. The van der Waals surface area contributed by atoms with Gasteiger partial charge in [-0.25, -0.2) is 4.98 Å². The topological polar surface area (TPSA) is 55.0 Å². The van der Waals surface area contributed by atoms with Crippen LogP contribution in [-0.2, 0) is 4.79 Å². The van der Waals surface area contributed by atoms with Crippen molar-refractivity contribution in [3.05, 3.63) is 24.5 Å². The Hall–Kier alpha value is -1.49. The number of carbonyl (C=O) groups is 1. The third-order valence-electron chi connectivity index (χ3n) is 1.95. The molecule has 15 heavy (non-hydrogen) atoms. The Balaban J connectivity index is 2.27. The van der Waals surface area contributed by atoms with Crippen molar-refractivity contribution in [3.8, 4) is 5.75 Å². The molecule has 0 spiro atoms. The van der Waals surface area contributed by atoms with Crippen molar-refractivity contribution in [2.24, 2.45) is 0 Å².